The fourth-order valence-electron chi connectivity index (χ4n) is 3.88. The quantitative estimate of drug-likeness (QED) is 0.701. The summed E-state index contributed by atoms with van der Waals surface area (Å²) in [6, 6.07) is 3.99. The van der Waals surface area contributed by atoms with Gasteiger partial charge in [0.15, 0.2) is 0 Å². The SMILES string of the molecule is CC1CCCN(c2nccc(Nc3cc4c(cn3)nc(CO)n4C(C)C)n2)C1. The molecule has 0 aromatic carbocycles. The highest BCUT2D eigenvalue weighted by Gasteiger charge is 2.19. The Balaban J connectivity index is 1.61. The van der Waals surface area contributed by atoms with Gasteiger partial charge in [0, 0.05) is 31.4 Å². The van der Waals surface area contributed by atoms with E-state index in [0.717, 1.165) is 30.1 Å². The van der Waals surface area contributed by atoms with E-state index in [-0.39, 0.29) is 12.6 Å². The van der Waals surface area contributed by atoms with Gasteiger partial charge in [0.25, 0.3) is 0 Å². The molecule has 0 bridgehead atoms. The number of anilines is 3. The number of rotatable bonds is 5. The van der Waals surface area contributed by atoms with Gasteiger partial charge >= 0.3 is 0 Å². The molecule has 28 heavy (non-hydrogen) atoms. The molecule has 3 aromatic rings. The van der Waals surface area contributed by atoms with E-state index in [4.69, 9.17) is 0 Å². The van der Waals surface area contributed by atoms with E-state index >= 15 is 0 Å². The van der Waals surface area contributed by atoms with Crippen molar-refractivity contribution in [3.63, 3.8) is 0 Å². The van der Waals surface area contributed by atoms with E-state index in [0.29, 0.717) is 23.4 Å². The summed E-state index contributed by atoms with van der Waals surface area (Å²) in [5.41, 5.74) is 1.71. The Morgan fingerprint density at radius 1 is 1.25 bits per heavy atom. The van der Waals surface area contributed by atoms with Crippen molar-refractivity contribution in [1.82, 2.24) is 24.5 Å². The molecule has 1 aliphatic rings. The molecule has 4 heterocycles. The van der Waals surface area contributed by atoms with Crippen LogP contribution in [0.15, 0.2) is 24.5 Å². The van der Waals surface area contributed by atoms with Gasteiger partial charge in [-0.05, 0) is 38.7 Å². The van der Waals surface area contributed by atoms with Crippen LogP contribution in [0.1, 0.15) is 45.5 Å². The van der Waals surface area contributed by atoms with Gasteiger partial charge in [-0.3, -0.25) is 0 Å². The van der Waals surface area contributed by atoms with Gasteiger partial charge in [0.05, 0.1) is 11.7 Å². The Morgan fingerprint density at radius 2 is 2.11 bits per heavy atom. The highest BCUT2D eigenvalue weighted by atomic mass is 16.3. The van der Waals surface area contributed by atoms with E-state index in [1.807, 2.05) is 16.7 Å². The molecule has 3 aromatic heterocycles. The molecule has 2 N–H and O–H groups in total. The van der Waals surface area contributed by atoms with Crippen molar-refractivity contribution in [2.45, 2.75) is 46.3 Å². The van der Waals surface area contributed by atoms with E-state index in [9.17, 15) is 5.11 Å². The molecule has 8 nitrogen and oxygen atoms in total. The standard InChI is InChI=1S/C20H27N7O/c1-13(2)27-16-9-18(22-10-15(16)23-19(27)12-28)24-17-6-7-21-20(25-17)26-8-4-5-14(3)11-26/h6-7,9-10,13-14,28H,4-5,8,11-12H2,1-3H3,(H,21,22,24,25). The summed E-state index contributed by atoms with van der Waals surface area (Å²) < 4.78 is 2.03. The van der Waals surface area contributed by atoms with Crippen LogP contribution in [-0.2, 0) is 6.61 Å². The molecule has 0 amide bonds. The summed E-state index contributed by atoms with van der Waals surface area (Å²) in [6.45, 7) is 8.31. The third kappa shape index (κ3) is 3.64. The smallest absolute Gasteiger partial charge is 0.227 e. The predicted octanol–water partition coefficient (Wildman–Crippen LogP) is 3.27. The van der Waals surface area contributed by atoms with Crippen molar-refractivity contribution in [3.05, 3.63) is 30.4 Å². The van der Waals surface area contributed by atoms with Crippen molar-refractivity contribution >= 4 is 28.6 Å². The van der Waals surface area contributed by atoms with Crippen molar-refractivity contribution in [1.29, 1.82) is 0 Å². The van der Waals surface area contributed by atoms with Crippen LogP contribution >= 0.6 is 0 Å². The topological polar surface area (TPSA) is 92.0 Å². The van der Waals surface area contributed by atoms with Crippen LogP contribution in [0, 0.1) is 5.92 Å². The second-order valence-corrected chi connectivity index (χ2v) is 7.77. The minimum atomic E-state index is -0.0981. The lowest BCUT2D eigenvalue weighted by Gasteiger charge is -2.30. The van der Waals surface area contributed by atoms with Gasteiger partial charge in [-0.25, -0.2) is 15.0 Å². The molecule has 8 heteroatoms. The highest BCUT2D eigenvalue weighted by molar-refractivity contribution is 5.79. The van der Waals surface area contributed by atoms with E-state index < -0.39 is 0 Å². The Hall–Kier alpha value is -2.74. The number of aromatic nitrogens is 5. The number of nitrogens with one attached hydrogen (secondary N) is 1. The Labute approximate surface area is 164 Å². The van der Waals surface area contributed by atoms with Crippen molar-refractivity contribution in [3.8, 4) is 0 Å². The average Bonchev–Trinajstić information content (AvgIpc) is 3.06. The lowest BCUT2D eigenvalue weighted by Crippen LogP contribution is -2.35. The number of aliphatic hydroxyl groups is 1. The molecule has 148 valence electrons. The minimum absolute atomic E-state index is 0.0981. The third-order valence-electron chi connectivity index (χ3n) is 5.15. The number of imidazole rings is 1. The minimum Gasteiger partial charge on any atom is -0.388 e. The zero-order chi connectivity index (χ0) is 19.7. The zero-order valence-corrected chi connectivity index (χ0v) is 16.6. The van der Waals surface area contributed by atoms with Gasteiger partial charge in [0.2, 0.25) is 5.95 Å². The molecular formula is C20H27N7O. The molecule has 1 saturated heterocycles. The van der Waals surface area contributed by atoms with Crippen LogP contribution in [0.25, 0.3) is 11.0 Å². The van der Waals surface area contributed by atoms with Crippen LogP contribution < -0.4 is 10.2 Å². The van der Waals surface area contributed by atoms with Crippen LogP contribution in [0.3, 0.4) is 0 Å². The highest BCUT2D eigenvalue weighted by Crippen LogP contribution is 2.25. The van der Waals surface area contributed by atoms with E-state index in [1.165, 1.54) is 12.8 Å². The number of piperidine rings is 1. The monoisotopic (exact) mass is 381 g/mol. The van der Waals surface area contributed by atoms with Gasteiger partial charge in [0.1, 0.15) is 29.6 Å². The first kappa shape index (κ1) is 18.6. The van der Waals surface area contributed by atoms with Crippen molar-refractivity contribution in [2.75, 3.05) is 23.3 Å². The predicted molar refractivity (Wildman–Crippen MR) is 110 cm³/mol. The van der Waals surface area contributed by atoms with Gasteiger partial charge in [-0.15, -0.1) is 0 Å². The van der Waals surface area contributed by atoms with Gasteiger partial charge in [-0.2, -0.15) is 4.98 Å². The molecule has 0 radical (unpaired) electrons. The summed E-state index contributed by atoms with van der Waals surface area (Å²) in [5, 5.41) is 12.9. The normalized spacial score (nSPS) is 17.5. The van der Waals surface area contributed by atoms with E-state index in [2.05, 4.69) is 50.9 Å². The first-order valence-electron chi connectivity index (χ1n) is 9.88. The van der Waals surface area contributed by atoms with Crippen LogP contribution in [0.4, 0.5) is 17.6 Å². The number of hydrogen-bond acceptors (Lipinski definition) is 7. The summed E-state index contributed by atoms with van der Waals surface area (Å²) in [4.78, 5) is 20.3. The first-order valence-corrected chi connectivity index (χ1v) is 9.88. The van der Waals surface area contributed by atoms with Crippen molar-refractivity contribution in [2.24, 2.45) is 5.92 Å². The molecule has 1 fully saturated rings. The molecule has 1 unspecified atom stereocenters. The molecule has 0 saturated carbocycles. The molecule has 1 atom stereocenters. The fourth-order valence-corrected chi connectivity index (χ4v) is 3.88. The summed E-state index contributed by atoms with van der Waals surface area (Å²) in [6.07, 6.45) is 5.94. The molecule has 1 aliphatic heterocycles. The fraction of sp³-hybridized carbons (Fsp3) is 0.500. The zero-order valence-electron chi connectivity index (χ0n) is 16.6. The Kier molecular flexibility index (Phi) is 5.13. The maximum absolute atomic E-state index is 9.60. The summed E-state index contributed by atoms with van der Waals surface area (Å²) in [5.74, 6) is 3.47. The van der Waals surface area contributed by atoms with E-state index in [1.54, 1.807) is 12.4 Å². The maximum Gasteiger partial charge on any atom is 0.227 e. The number of fused-ring (bicyclic) bond motifs is 1. The second-order valence-electron chi connectivity index (χ2n) is 7.77. The number of nitrogens with zero attached hydrogens (tertiary/aromatic N) is 6. The third-order valence-corrected chi connectivity index (χ3v) is 5.15. The lowest BCUT2D eigenvalue weighted by atomic mass is 10.0. The summed E-state index contributed by atoms with van der Waals surface area (Å²) in [7, 11) is 0. The van der Waals surface area contributed by atoms with Crippen LogP contribution in [-0.4, -0.2) is 42.7 Å². The molecule has 0 spiro atoms. The van der Waals surface area contributed by atoms with Crippen LogP contribution in [0.5, 0.6) is 0 Å². The summed E-state index contributed by atoms with van der Waals surface area (Å²) >= 11 is 0. The lowest BCUT2D eigenvalue weighted by molar-refractivity contribution is 0.263. The molecule has 4 rings (SSSR count). The second kappa shape index (κ2) is 7.71. The molecule has 0 aliphatic carbocycles. The Bertz CT molecular complexity index is 968. The van der Waals surface area contributed by atoms with Gasteiger partial charge in [-0.1, -0.05) is 6.92 Å². The van der Waals surface area contributed by atoms with Crippen molar-refractivity contribution < 1.29 is 5.11 Å². The van der Waals surface area contributed by atoms with Gasteiger partial charge < -0.3 is 19.9 Å². The maximum atomic E-state index is 9.60. The average molecular weight is 381 g/mol. The first-order chi connectivity index (χ1) is 13.5. The number of hydrogen-bond donors (Lipinski definition) is 2. The largest absolute Gasteiger partial charge is 0.388 e. The number of aliphatic hydroxyl groups excluding tert-OH is 1. The van der Waals surface area contributed by atoms with Crippen LogP contribution in [0.2, 0.25) is 0 Å². The molecular weight excluding hydrogens is 354 g/mol. The number of pyridine rings is 1. The Morgan fingerprint density at radius 3 is 2.86 bits per heavy atom.